The van der Waals surface area contributed by atoms with Crippen molar-refractivity contribution >= 4 is 46.6 Å². The van der Waals surface area contributed by atoms with Gasteiger partial charge in [-0.2, -0.15) is 0 Å². The Kier molecular flexibility index (Phi) is 3.67. The third-order valence-electron chi connectivity index (χ3n) is 1.91. The summed E-state index contributed by atoms with van der Waals surface area (Å²) >= 11 is 0. The second kappa shape index (κ2) is 4.56. The van der Waals surface area contributed by atoms with Crippen molar-refractivity contribution in [1.29, 1.82) is 0 Å². The molecule has 2 aromatic rings. The second-order valence-corrected chi connectivity index (χ2v) is 2.72. The number of carbonyl (C=O) groups excluding carboxylic acids is 1. The molecule has 0 saturated carbocycles. The van der Waals surface area contributed by atoms with Gasteiger partial charge >= 0.3 is 0 Å². The molecule has 2 rings (SSSR count). The average molecular weight is 179 g/mol. The standard InChI is InChI=1S/C11H8O.Na/c12-8-9-5-6-10-3-1-2-4-11(10)7-9;/h1-8H;. The first-order chi connectivity index (χ1) is 5.90. The molecule has 0 atom stereocenters. The van der Waals surface area contributed by atoms with Gasteiger partial charge in [-0.05, 0) is 16.8 Å². The van der Waals surface area contributed by atoms with E-state index in [0.717, 1.165) is 17.2 Å². The van der Waals surface area contributed by atoms with Crippen LogP contribution in [0.2, 0.25) is 0 Å². The zero-order valence-corrected chi connectivity index (χ0v) is 9.53. The van der Waals surface area contributed by atoms with E-state index in [-0.39, 0.29) is 29.6 Å². The minimum Gasteiger partial charge on any atom is -0.298 e. The topological polar surface area (TPSA) is 17.1 Å². The smallest absolute Gasteiger partial charge is 0.150 e. The molecule has 2 heteroatoms. The fourth-order valence-electron chi connectivity index (χ4n) is 1.28. The minimum atomic E-state index is 0. The van der Waals surface area contributed by atoms with E-state index in [4.69, 9.17) is 0 Å². The Bertz CT molecular complexity index is 423. The van der Waals surface area contributed by atoms with E-state index in [2.05, 4.69) is 0 Å². The van der Waals surface area contributed by atoms with Crippen molar-refractivity contribution in [2.24, 2.45) is 0 Å². The Morgan fingerprint density at radius 2 is 1.62 bits per heavy atom. The first-order valence-corrected chi connectivity index (χ1v) is 3.84. The van der Waals surface area contributed by atoms with Crippen LogP contribution in [0, 0.1) is 0 Å². The molecule has 0 aromatic heterocycles. The molecule has 0 spiro atoms. The van der Waals surface area contributed by atoms with Crippen molar-refractivity contribution in [1.82, 2.24) is 0 Å². The van der Waals surface area contributed by atoms with E-state index in [1.54, 1.807) is 0 Å². The number of aldehydes is 1. The molecule has 0 aliphatic heterocycles. The summed E-state index contributed by atoms with van der Waals surface area (Å²) in [7, 11) is 0. The van der Waals surface area contributed by atoms with E-state index in [1.165, 1.54) is 5.39 Å². The first kappa shape index (κ1) is 10.5. The van der Waals surface area contributed by atoms with Crippen molar-refractivity contribution in [3.8, 4) is 0 Å². The maximum atomic E-state index is 10.5. The van der Waals surface area contributed by atoms with Gasteiger partial charge in [0.15, 0.2) is 0 Å². The van der Waals surface area contributed by atoms with Crippen molar-refractivity contribution < 1.29 is 4.79 Å². The maximum absolute atomic E-state index is 10.5. The number of carbonyl (C=O) groups is 1. The van der Waals surface area contributed by atoms with Gasteiger partial charge in [0.25, 0.3) is 0 Å². The van der Waals surface area contributed by atoms with Crippen LogP contribution in [0.1, 0.15) is 10.4 Å². The Morgan fingerprint density at radius 3 is 2.31 bits per heavy atom. The summed E-state index contributed by atoms with van der Waals surface area (Å²) in [6.45, 7) is 0. The largest absolute Gasteiger partial charge is 0.298 e. The molecule has 13 heavy (non-hydrogen) atoms. The summed E-state index contributed by atoms with van der Waals surface area (Å²) in [4.78, 5) is 10.5. The van der Waals surface area contributed by atoms with Gasteiger partial charge in [-0.15, -0.1) is 0 Å². The third kappa shape index (κ3) is 2.19. The van der Waals surface area contributed by atoms with Crippen LogP contribution in [-0.2, 0) is 0 Å². The zero-order valence-electron chi connectivity index (χ0n) is 7.53. The summed E-state index contributed by atoms with van der Waals surface area (Å²) in [5.41, 5.74) is 0.730. The van der Waals surface area contributed by atoms with Crippen molar-refractivity contribution in [3.63, 3.8) is 0 Å². The molecule has 0 bridgehead atoms. The Balaban J connectivity index is 0.000000845. The normalized spacial score (nSPS) is 9.23. The number of rotatable bonds is 1. The molecule has 1 nitrogen and oxygen atoms in total. The van der Waals surface area contributed by atoms with Crippen LogP contribution in [0.5, 0.6) is 0 Å². The molecule has 2 aromatic carbocycles. The number of hydrogen-bond acceptors (Lipinski definition) is 1. The van der Waals surface area contributed by atoms with Crippen molar-refractivity contribution in [2.75, 3.05) is 0 Å². The van der Waals surface area contributed by atoms with Crippen LogP contribution in [0.15, 0.2) is 42.5 Å². The predicted octanol–water partition coefficient (Wildman–Crippen LogP) is 2.27. The minimum absolute atomic E-state index is 0. The molecule has 1 radical (unpaired) electrons. The summed E-state index contributed by atoms with van der Waals surface area (Å²) in [5.74, 6) is 0. The van der Waals surface area contributed by atoms with Gasteiger partial charge in [0.05, 0.1) is 0 Å². The van der Waals surface area contributed by atoms with E-state index < -0.39 is 0 Å². The summed E-state index contributed by atoms with van der Waals surface area (Å²) < 4.78 is 0. The molecular weight excluding hydrogens is 171 g/mol. The molecule has 0 unspecified atom stereocenters. The van der Waals surface area contributed by atoms with Gasteiger partial charge in [-0.1, -0.05) is 36.4 Å². The van der Waals surface area contributed by atoms with Crippen molar-refractivity contribution in [2.45, 2.75) is 0 Å². The summed E-state index contributed by atoms with van der Waals surface area (Å²) in [6, 6.07) is 13.7. The predicted molar refractivity (Wildman–Crippen MR) is 55.1 cm³/mol. The van der Waals surface area contributed by atoms with Gasteiger partial charge in [0.2, 0.25) is 0 Å². The first-order valence-electron chi connectivity index (χ1n) is 3.84. The van der Waals surface area contributed by atoms with Crippen LogP contribution in [0.3, 0.4) is 0 Å². The van der Waals surface area contributed by atoms with Gasteiger partial charge in [0, 0.05) is 35.1 Å². The third-order valence-corrected chi connectivity index (χ3v) is 1.91. The van der Waals surface area contributed by atoms with Gasteiger partial charge in [-0.25, -0.2) is 0 Å². The van der Waals surface area contributed by atoms with Crippen LogP contribution < -0.4 is 0 Å². The number of hydrogen-bond donors (Lipinski definition) is 0. The fourth-order valence-corrected chi connectivity index (χ4v) is 1.28. The SMILES string of the molecule is O=Cc1ccc2ccccc2c1.[Na]. The van der Waals surface area contributed by atoms with Crippen LogP contribution in [0.25, 0.3) is 10.8 Å². The molecule has 0 amide bonds. The fraction of sp³-hybridized carbons (Fsp3) is 0. The molecule has 0 aliphatic rings. The Morgan fingerprint density at radius 1 is 0.923 bits per heavy atom. The second-order valence-electron chi connectivity index (χ2n) is 2.72. The van der Waals surface area contributed by atoms with Crippen LogP contribution in [-0.4, -0.2) is 35.8 Å². The maximum Gasteiger partial charge on any atom is 0.150 e. The van der Waals surface area contributed by atoms with Crippen LogP contribution in [0.4, 0.5) is 0 Å². The van der Waals surface area contributed by atoms with E-state index in [9.17, 15) is 4.79 Å². The average Bonchev–Trinajstić information content (AvgIpc) is 2.17. The van der Waals surface area contributed by atoms with Crippen molar-refractivity contribution in [3.05, 3.63) is 48.0 Å². The monoisotopic (exact) mass is 179 g/mol. The van der Waals surface area contributed by atoms with E-state index in [0.29, 0.717) is 0 Å². The number of benzene rings is 2. The van der Waals surface area contributed by atoms with Gasteiger partial charge < -0.3 is 0 Å². The Hall–Kier alpha value is -0.630. The molecule has 0 fully saturated rings. The number of fused-ring (bicyclic) bond motifs is 1. The van der Waals surface area contributed by atoms with Gasteiger partial charge in [-0.3, -0.25) is 4.79 Å². The molecule has 0 N–H and O–H groups in total. The summed E-state index contributed by atoms with van der Waals surface area (Å²) in [5, 5.41) is 2.28. The molecule has 0 heterocycles. The summed E-state index contributed by atoms with van der Waals surface area (Å²) in [6.07, 6.45) is 0.867. The molecular formula is C11H8NaO. The van der Waals surface area contributed by atoms with Gasteiger partial charge in [0.1, 0.15) is 6.29 Å². The van der Waals surface area contributed by atoms with E-state index >= 15 is 0 Å². The molecule has 0 aliphatic carbocycles. The molecule has 0 saturated heterocycles. The Labute approximate surface area is 99.1 Å². The molecule has 59 valence electrons. The quantitative estimate of drug-likeness (QED) is 0.484. The van der Waals surface area contributed by atoms with E-state index in [1.807, 2.05) is 42.5 Å². The zero-order chi connectivity index (χ0) is 8.39. The van der Waals surface area contributed by atoms with Crippen LogP contribution >= 0.6 is 0 Å².